The van der Waals surface area contributed by atoms with E-state index in [1.54, 1.807) is 0 Å². The van der Waals surface area contributed by atoms with E-state index >= 15 is 0 Å². The Morgan fingerprint density at radius 1 is 1.56 bits per heavy atom. The van der Waals surface area contributed by atoms with E-state index in [1.807, 2.05) is 0 Å². The van der Waals surface area contributed by atoms with E-state index in [1.165, 1.54) is 6.92 Å². The van der Waals surface area contributed by atoms with Crippen molar-refractivity contribution in [3.8, 4) is 0 Å². The topological polar surface area (TPSA) is 39.2 Å². The molecular weight excluding hydrogens is 223 g/mol. The first-order valence-corrected chi connectivity index (χ1v) is 4.46. The first kappa shape index (κ1) is 12.5. The van der Waals surface area contributed by atoms with Gasteiger partial charge in [-0.3, -0.25) is 9.78 Å². The molecule has 0 amide bonds. The van der Waals surface area contributed by atoms with Crippen molar-refractivity contribution in [2.45, 2.75) is 19.8 Å². The van der Waals surface area contributed by atoms with Crippen LogP contribution >= 0.6 is 0 Å². The minimum atomic E-state index is -2.93. The van der Waals surface area contributed by atoms with Crippen LogP contribution in [0.1, 0.15) is 23.4 Å². The lowest BCUT2D eigenvalue weighted by molar-refractivity contribution is -0.139. The number of rotatable bonds is 3. The highest BCUT2D eigenvalue weighted by molar-refractivity contribution is 5.71. The molecule has 0 bridgehead atoms. The molecule has 0 atom stereocenters. The number of hydrogen-bond donors (Lipinski definition) is 0. The zero-order valence-corrected chi connectivity index (χ0v) is 8.76. The molecule has 0 radical (unpaired) electrons. The number of halogens is 3. The fourth-order valence-electron chi connectivity index (χ4n) is 1.23. The average molecular weight is 233 g/mol. The van der Waals surface area contributed by atoms with Crippen LogP contribution in [0.3, 0.4) is 0 Å². The molecule has 0 saturated carbocycles. The van der Waals surface area contributed by atoms with Crippen LogP contribution in [0.15, 0.2) is 6.07 Å². The van der Waals surface area contributed by atoms with Gasteiger partial charge in [-0.25, -0.2) is 13.2 Å². The number of alkyl halides is 2. The monoisotopic (exact) mass is 233 g/mol. The number of nitrogens with zero attached hydrogens (tertiary/aromatic N) is 1. The molecule has 0 aliphatic carbocycles. The molecule has 1 heterocycles. The van der Waals surface area contributed by atoms with Crippen LogP contribution in [0.2, 0.25) is 0 Å². The molecule has 3 nitrogen and oxygen atoms in total. The van der Waals surface area contributed by atoms with Crippen molar-refractivity contribution in [2.75, 3.05) is 7.11 Å². The van der Waals surface area contributed by atoms with Crippen molar-refractivity contribution in [1.29, 1.82) is 0 Å². The molecule has 0 aliphatic heterocycles. The van der Waals surface area contributed by atoms with Crippen LogP contribution in [0.4, 0.5) is 13.2 Å². The van der Waals surface area contributed by atoms with Gasteiger partial charge in [-0.1, -0.05) is 0 Å². The quantitative estimate of drug-likeness (QED) is 0.751. The van der Waals surface area contributed by atoms with E-state index in [9.17, 15) is 18.0 Å². The van der Waals surface area contributed by atoms with Gasteiger partial charge in [-0.15, -0.1) is 0 Å². The summed E-state index contributed by atoms with van der Waals surface area (Å²) in [7, 11) is 1.13. The summed E-state index contributed by atoms with van der Waals surface area (Å²) in [6.07, 6.45) is -3.39. The van der Waals surface area contributed by atoms with E-state index in [-0.39, 0.29) is 11.4 Å². The van der Waals surface area contributed by atoms with Crippen molar-refractivity contribution < 1.29 is 22.7 Å². The summed E-state index contributed by atoms with van der Waals surface area (Å²) in [6.45, 7) is 1.45. The molecule has 0 saturated heterocycles. The minimum Gasteiger partial charge on any atom is -0.469 e. The maximum Gasteiger partial charge on any atom is 0.311 e. The lowest BCUT2D eigenvalue weighted by Crippen LogP contribution is -2.10. The lowest BCUT2D eigenvalue weighted by Gasteiger charge is -2.07. The summed E-state index contributed by atoms with van der Waals surface area (Å²) in [4.78, 5) is 14.6. The van der Waals surface area contributed by atoms with Crippen LogP contribution in [0, 0.1) is 12.7 Å². The number of methoxy groups -OCH3 is 1. The molecule has 0 N–H and O–H groups in total. The Hall–Kier alpha value is -1.59. The summed E-state index contributed by atoms with van der Waals surface area (Å²) in [5.74, 6) is -1.87. The smallest absolute Gasteiger partial charge is 0.311 e. The van der Waals surface area contributed by atoms with Crippen LogP contribution < -0.4 is 0 Å². The molecule has 0 aliphatic rings. The van der Waals surface area contributed by atoms with E-state index in [0.29, 0.717) is 0 Å². The SMILES string of the molecule is COC(=O)Cc1nc(C)cc(C(F)F)c1F. The zero-order valence-electron chi connectivity index (χ0n) is 8.76. The molecule has 0 aromatic carbocycles. The highest BCUT2D eigenvalue weighted by Crippen LogP contribution is 2.24. The summed E-state index contributed by atoms with van der Waals surface area (Å²) >= 11 is 0. The fraction of sp³-hybridized carbons (Fsp3) is 0.400. The first-order valence-electron chi connectivity index (χ1n) is 4.46. The van der Waals surface area contributed by atoms with Gasteiger partial charge in [0.1, 0.15) is 0 Å². The normalized spacial score (nSPS) is 10.6. The summed E-state index contributed by atoms with van der Waals surface area (Å²) < 4.78 is 42.6. The highest BCUT2D eigenvalue weighted by Gasteiger charge is 2.20. The number of pyridine rings is 1. The average Bonchev–Trinajstić information content (AvgIpc) is 2.22. The predicted octanol–water partition coefficient (Wildman–Crippen LogP) is 2.18. The standard InChI is InChI=1S/C10H10F3NO2/c1-5-3-6(10(12)13)9(11)7(14-5)4-8(15)16-2/h3,10H,4H2,1-2H3. The van der Waals surface area contributed by atoms with Crippen molar-refractivity contribution in [2.24, 2.45) is 0 Å². The Kier molecular flexibility index (Phi) is 3.87. The molecule has 6 heteroatoms. The Bertz CT molecular complexity index is 407. The number of aromatic nitrogens is 1. The van der Waals surface area contributed by atoms with Crippen molar-refractivity contribution in [3.63, 3.8) is 0 Å². The highest BCUT2D eigenvalue weighted by atomic mass is 19.3. The van der Waals surface area contributed by atoms with Gasteiger partial charge in [0.25, 0.3) is 6.43 Å². The van der Waals surface area contributed by atoms with Crippen LogP contribution in [0.25, 0.3) is 0 Å². The number of hydrogen-bond acceptors (Lipinski definition) is 3. The molecule has 16 heavy (non-hydrogen) atoms. The molecule has 1 rings (SSSR count). The second-order valence-corrected chi connectivity index (χ2v) is 3.17. The first-order chi connectivity index (χ1) is 7.45. The molecule has 0 unspecified atom stereocenters. The van der Waals surface area contributed by atoms with Crippen molar-refractivity contribution in [3.05, 3.63) is 28.8 Å². The van der Waals surface area contributed by atoms with E-state index in [2.05, 4.69) is 9.72 Å². The third-order valence-corrected chi connectivity index (χ3v) is 1.96. The third kappa shape index (κ3) is 2.71. The Balaban J connectivity index is 3.14. The fourth-order valence-corrected chi connectivity index (χ4v) is 1.23. The summed E-state index contributed by atoms with van der Waals surface area (Å²) in [5.41, 5.74) is -0.829. The van der Waals surface area contributed by atoms with Gasteiger partial charge in [0, 0.05) is 5.69 Å². The second-order valence-electron chi connectivity index (χ2n) is 3.17. The van der Waals surface area contributed by atoms with Crippen molar-refractivity contribution >= 4 is 5.97 Å². The zero-order chi connectivity index (χ0) is 12.3. The Labute approximate surface area is 90.2 Å². The van der Waals surface area contributed by atoms with Gasteiger partial charge < -0.3 is 4.74 Å². The van der Waals surface area contributed by atoms with Crippen LogP contribution in [-0.2, 0) is 16.0 Å². The molecular formula is C10H10F3NO2. The Morgan fingerprint density at radius 2 is 2.19 bits per heavy atom. The number of aryl methyl sites for hydroxylation is 1. The summed E-state index contributed by atoms with van der Waals surface area (Å²) in [5, 5.41) is 0. The third-order valence-electron chi connectivity index (χ3n) is 1.96. The van der Waals surface area contributed by atoms with E-state index < -0.39 is 30.2 Å². The number of carbonyl (C=O) groups is 1. The van der Waals surface area contributed by atoms with Gasteiger partial charge in [0.15, 0.2) is 5.82 Å². The van der Waals surface area contributed by atoms with Crippen molar-refractivity contribution in [1.82, 2.24) is 4.98 Å². The molecule has 0 spiro atoms. The Morgan fingerprint density at radius 3 is 2.69 bits per heavy atom. The van der Waals surface area contributed by atoms with Crippen LogP contribution in [-0.4, -0.2) is 18.1 Å². The number of esters is 1. The van der Waals surface area contributed by atoms with Gasteiger partial charge in [0.2, 0.25) is 0 Å². The summed E-state index contributed by atoms with van der Waals surface area (Å²) in [6, 6.07) is 0.959. The van der Waals surface area contributed by atoms with E-state index in [0.717, 1.165) is 13.2 Å². The predicted molar refractivity (Wildman–Crippen MR) is 49.6 cm³/mol. The molecule has 88 valence electrons. The number of ether oxygens (including phenoxy) is 1. The lowest BCUT2D eigenvalue weighted by atomic mass is 10.1. The maximum absolute atomic E-state index is 13.4. The van der Waals surface area contributed by atoms with Gasteiger partial charge in [-0.2, -0.15) is 0 Å². The minimum absolute atomic E-state index is 0.232. The largest absolute Gasteiger partial charge is 0.469 e. The molecule has 1 aromatic rings. The van der Waals surface area contributed by atoms with Gasteiger partial charge >= 0.3 is 5.97 Å². The molecule has 0 fully saturated rings. The van der Waals surface area contributed by atoms with Crippen LogP contribution in [0.5, 0.6) is 0 Å². The van der Waals surface area contributed by atoms with Gasteiger partial charge in [0.05, 0.1) is 24.8 Å². The van der Waals surface area contributed by atoms with E-state index in [4.69, 9.17) is 0 Å². The molecule has 1 aromatic heterocycles. The van der Waals surface area contributed by atoms with Gasteiger partial charge in [-0.05, 0) is 13.0 Å². The number of carbonyl (C=O) groups excluding carboxylic acids is 1. The maximum atomic E-state index is 13.4. The second kappa shape index (κ2) is 4.96.